The first-order valence-electron chi connectivity index (χ1n) is 8.88. The van der Waals surface area contributed by atoms with Crippen LogP contribution < -0.4 is 10.6 Å². The minimum Gasteiger partial charge on any atom is -0.378 e. The van der Waals surface area contributed by atoms with Crippen LogP contribution in [0.15, 0.2) is 36.4 Å². The topological polar surface area (TPSA) is 68.2 Å². The van der Waals surface area contributed by atoms with Gasteiger partial charge in [0.2, 0.25) is 5.91 Å². The highest BCUT2D eigenvalue weighted by Crippen LogP contribution is 2.27. The molecule has 29 heavy (non-hydrogen) atoms. The fraction of sp³-hybridized carbons (Fsp3) is 0.300. The van der Waals surface area contributed by atoms with Gasteiger partial charge < -0.3 is 19.9 Å². The van der Waals surface area contributed by atoms with Crippen molar-refractivity contribution in [3.05, 3.63) is 47.8 Å². The number of nitrogens with zero attached hydrogens (tertiary/aromatic N) is 2. The summed E-state index contributed by atoms with van der Waals surface area (Å²) in [5.74, 6) is 0.337. The average Bonchev–Trinajstić information content (AvgIpc) is 3.00. The molecule has 0 spiro atoms. The van der Waals surface area contributed by atoms with Gasteiger partial charge in [-0.2, -0.15) is 0 Å². The summed E-state index contributed by atoms with van der Waals surface area (Å²) in [5, 5.41) is 6.09. The molecule has 1 saturated heterocycles. The van der Waals surface area contributed by atoms with Gasteiger partial charge in [-0.15, -0.1) is 24.8 Å². The monoisotopic (exact) mass is 440 g/mol. The highest BCUT2D eigenvalue weighted by molar-refractivity contribution is 5.96. The van der Waals surface area contributed by atoms with Gasteiger partial charge >= 0.3 is 0 Å². The van der Waals surface area contributed by atoms with Crippen molar-refractivity contribution in [1.29, 1.82) is 0 Å². The fourth-order valence-corrected chi connectivity index (χ4v) is 3.33. The first-order valence-corrected chi connectivity index (χ1v) is 8.88. The number of rotatable bonds is 3. The SMILES string of the molecule is Cc1cc(-c2nc3cc(F)ccc3n2C)ccc1NC(=O)C1COCCN1.Cl.Cl. The third kappa shape index (κ3) is 4.70. The van der Waals surface area contributed by atoms with Crippen molar-refractivity contribution in [3.8, 4) is 11.4 Å². The molecule has 2 N–H and O–H groups in total. The molecule has 0 radical (unpaired) electrons. The van der Waals surface area contributed by atoms with Crippen LogP contribution in [0.3, 0.4) is 0 Å². The molecule has 9 heteroatoms. The standard InChI is InChI=1S/C20H21FN4O2.2ClH/c1-12-9-13(19-23-16-10-14(21)4-6-18(16)25(19)2)3-5-15(12)24-20(26)17-11-27-8-7-22-17;;/h3-6,9-10,17,22H,7-8,11H2,1-2H3,(H,24,26);2*1H. The number of nitrogens with one attached hydrogen (secondary N) is 2. The van der Waals surface area contributed by atoms with Gasteiger partial charge in [0.1, 0.15) is 17.7 Å². The fourth-order valence-electron chi connectivity index (χ4n) is 3.33. The van der Waals surface area contributed by atoms with Crippen LogP contribution in [0.25, 0.3) is 22.4 Å². The van der Waals surface area contributed by atoms with E-state index in [-0.39, 0.29) is 42.6 Å². The Hall–Kier alpha value is -2.19. The number of halogens is 3. The second-order valence-corrected chi connectivity index (χ2v) is 6.73. The second kappa shape index (κ2) is 9.54. The van der Waals surface area contributed by atoms with Crippen LogP contribution in [0.2, 0.25) is 0 Å². The van der Waals surface area contributed by atoms with Crippen molar-refractivity contribution in [2.24, 2.45) is 7.05 Å². The summed E-state index contributed by atoms with van der Waals surface area (Å²) >= 11 is 0. The molecule has 1 aliphatic rings. The van der Waals surface area contributed by atoms with Crippen LogP contribution in [0.5, 0.6) is 0 Å². The number of aromatic nitrogens is 2. The zero-order chi connectivity index (χ0) is 19.0. The van der Waals surface area contributed by atoms with Gasteiger partial charge in [-0.05, 0) is 42.8 Å². The first kappa shape index (κ1) is 23.1. The maximum atomic E-state index is 13.5. The second-order valence-electron chi connectivity index (χ2n) is 6.73. The van der Waals surface area contributed by atoms with E-state index >= 15 is 0 Å². The number of amides is 1. The number of anilines is 1. The predicted molar refractivity (Wildman–Crippen MR) is 117 cm³/mol. The third-order valence-electron chi connectivity index (χ3n) is 4.82. The smallest absolute Gasteiger partial charge is 0.243 e. The largest absolute Gasteiger partial charge is 0.378 e. The number of morpholine rings is 1. The Morgan fingerprint density at radius 2 is 2.07 bits per heavy atom. The van der Waals surface area contributed by atoms with Gasteiger partial charge in [-0.3, -0.25) is 4.79 Å². The summed E-state index contributed by atoms with van der Waals surface area (Å²) in [5.41, 5.74) is 4.07. The van der Waals surface area contributed by atoms with Crippen LogP contribution in [-0.4, -0.2) is 41.3 Å². The quantitative estimate of drug-likeness (QED) is 0.654. The van der Waals surface area contributed by atoms with Crippen molar-refractivity contribution in [3.63, 3.8) is 0 Å². The number of fused-ring (bicyclic) bond motifs is 1. The number of hydrogen-bond acceptors (Lipinski definition) is 4. The number of hydrogen-bond donors (Lipinski definition) is 2. The Balaban J connectivity index is 0.00000150. The highest BCUT2D eigenvalue weighted by Gasteiger charge is 2.21. The molecule has 4 rings (SSSR count). The summed E-state index contributed by atoms with van der Waals surface area (Å²) in [6.45, 7) is 3.61. The maximum Gasteiger partial charge on any atom is 0.243 e. The Bertz CT molecular complexity index is 1020. The molecule has 0 aliphatic carbocycles. The molecule has 2 aromatic carbocycles. The van der Waals surface area contributed by atoms with E-state index in [1.165, 1.54) is 12.1 Å². The zero-order valence-corrected chi connectivity index (χ0v) is 17.7. The molecule has 1 amide bonds. The van der Waals surface area contributed by atoms with E-state index in [4.69, 9.17) is 4.74 Å². The van der Waals surface area contributed by atoms with Crippen molar-refractivity contribution in [1.82, 2.24) is 14.9 Å². The zero-order valence-electron chi connectivity index (χ0n) is 16.1. The third-order valence-corrected chi connectivity index (χ3v) is 4.82. The van der Waals surface area contributed by atoms with Crippen LogP contribution in [-0.2, 0) is 16.6 Å². The lowest BCUT2D eigenvalue weighted by Gasteiger charge is -2.23. The van der Waals surface area contributed by atoms with E-state index in [1.54, 1.807) is 6.07 Å². The maximum absolute atomic E-state index is 13.5. The van der Waals surface area contributed by atoms with E-state index in [2.05, 4.69) is 15.6 Å². The average molecular weight is 441 g/mol. The molecule has 2 heterocycles. The number of aryl methyl sites for hydroxylation is 2. The highest BCUT2D eigenvalue weighted by atomic mass is 35.5. The summed E-state index contributed by atoms with van der Waals surface area (Å²) in [4.78, 5) is 16.9. The van der Waals surface area contributed by atoms with Gasteiger partial charge in [0.05, 0.1) is 24.2 Å². The van der Waals surface area contributed by atoms with Gasteiger partial charge in [0.25, 0.3) is 0 Å². The van der Waals surface area contributed by atoms with E-state index in [9.17, 15) is 9.18 Å². The molecule has 156 valence electrons. The first-order chi connectivity index (χ1) is 13.0. The number of imidazole rings is 1. The summed E-state index contributed by atoms with van der Waals surface area (Å²) < 4.78 is 20.7. The number of ether oxygens (including phenoxy) is 1. The van der Waals surface area contributed by atoms with Gasteiger partial charge in [0, 0.05) is 30.9 Å². The summed E-state index contributed by atoms with van der Waals surface area (Å²) in [6.07, 6.45) is 0. The van der Waals surface area contributed by atoms with Crippen molar-refractivity contribution in [2.75, 3.05) is 25.1 Å². The molecule has 3 aromatic rings. The normalized spacial score (nSPS) is 16.0. The molecular weight excluding hydrogens is 418 g/mol. The molecule has 6 nitrogen and oxygen atoms in total. The van der Waals surface area contributed by atoms with E-state index < -0.39 is 0 Å². The van der Waals surface area contributed by atoms with Gasteiger partial charge in [0.15, 0.2) is 0 Å². The lowest BCUT2D eigenvalue weighted by Crippen LogP contribution is -2.48. The lowest BCUT2D eigenvalue weighted by atomic mass is 10.1. The van der Waals surface area contributed by atoms with E-state index in [1.807, 2.05) is 36.7 Å². The molecule has 1 unspecified atom stereocenters. The Morgan fingerprint density at radius 3 is 2.76 bits per heavy atom. The summed E-state index contributed by atoms with van der Waals surface area (Å²) in [7, 11) is 1.91. The molecular formula is C20H23Cl2FN4O2. The van der Waals surface area contributed by atoms with Crippen molar-refractivity contribution >= 4 is 47.4 Å². The van der Waals surface area contributed by atoms with Crippen LogP contribution >= 0.6 is 24.8 Å². The Morgan fingerprint density at radius 1 is 1.28 bits per heavy atom. The van der Waals surface area contributed by atoms with Crippen molar-refractivity contribution < 1.29 is 13.9 Å². The van der Waals surface area contributed by atoms with Crippen molar-refractivity contribution in [2.45, 2.75) is 13.0 Å². The van der Waals surface area contributed by atoms with Gasteiger partial charge in [-0.1, -0.05) is 0 Å². The van der Waals surface area contributed by atoms with E-state index in [0.29, 0.717) is 25.3 Å². The molecule has 1 fully saturated rings. The van der Waals surface area contributed by atoms with Crippen LogP contribution in [0, 0.1) is 12.7 Å². The molecule has 1 aromatic heterocycles. The number of carbonyl (C=O) groups is 1. The number of benzene rings is 2. The minimum atomic E-state index is -0.340. The molecule has 0 saturated carbocycles. The molecule has 1 aliphatic heterocycles. The lowest BCUT2D eigenvalue weighted by molar-refractivity contribution is -0.120. The van der Waals surface area contributed by atoms with Gasteiger partial charge in [-0.25, -0.2) is 9.37 Å². The summed E-state index contributed by atoms with van der Waals surface area (Å²) in [6, 6.07) is 9.99. The van der Waals surface area contributed by atoms with Crippen LogP contribution in [0.1, 0.15) is 5.56 Å². The molecule has 1 atom stereocenters. The van der Waals surface area contributed by atoms with E-state index in [0.717, 1.165) is 28.2 Å². The Labute approximate surface area is 180 Å². The molecule has 0 bridgehead atoms. The minimum absolute atomic E-state index is 0. The van der Waals surface area contributed by atoms with Crippen LogP contribution in [0.4, 0.5) is 10.1 Å². The Kier molecular flexibility index (Phi) is 7.60. The number of carbonyl (C=O) groups excluding carboxylic acids is 1. The predicted octanol–water partition coefficient (Wildman–Crippen LogP) is 3.46.